The second kappa shape index (κ2) is 5.53. The standard InChI is InChI=1S/C15H20N2O2/c1-12(18)11-17-9-7-15(8-10-17,14(16)19)13-5-3-2-4-6-13/h2-6H,7-11H2,1H3,(H2,16,19). The maximum Gasteiger partial charge on any atom is 0.228 e. The predicted octanol–water partition coefficient (Wildman–Crippen LogP) is 1.09. The summed E-state index contributed by atoms with van der Waals surface area (Å²) in [6, 6.07) is 9.73. The average molecular weight is 260 g/mol. The Kier molecular flexibility index (Phi) is 4.00. The third-order valence-electron chi connectivity index (χ3n) is 3.95. The van der Waals surface area contributed by atoms with Crippen molar-refractivity contribution in [2.24, 2.45) is 5.73 Å². The number of piperidine rings is 1. The molecule has 2 N–H and O–H groups in total. The molecule has 1 aliphatic rings. The van der Waals surface area contributed by atoms with E-state index in [4.69, 9.17) is 5.73 Å². The summed E-state index contributed by atoms with van der Waals surface area (Å²) in [4.78, 5) is 25.2. The van der Waals surface area contributed by atoms with Crippen molar-refractivity contribution in [3.8, 4) is 0 Å². The molecular weight excluding hydrogens is 240 g/mol. The minimum absolute atomic E-state index is 0.159. The average Bonchev–Trinajstić information content (AvgIpc) is 2.40. The van der Waals surface area contributed by atoms with Crippen LogP contribution in [0.4, 0.5) is 0 Å². The van der Waals surface area contributed by atoms with Crippen LogP contribution >= 0.6 is 0 Å². The zero-order chi connectivity index (χ0) is 13.9. The fourth-order valence-electron chi connectivity index (χ4n) is 2.84. The predicted molar refractivity (Wildman–Crippen MR) is 73.7 cm³/mol. The fourth-order valence-corrected chi connectivity index (χ4v) is 2.84. The van der Waals surface area contributed by atoms with Gasteiger partial charge in [0.15, 0.2) is 0 Å². The molecule has 0 spiro atoms. The maximum absolute atomic E-state index is 11.9. The van der Waals surface area contributed by atoms with Crippen LogP contribution in [0.5, 0.6) is 0 Å². The number of benzene rings is 1. The van der Waals surface area contributed by atoms with Gasteiger partial charge in [0, 0.05) is 0 Å². The molecule has 1 aromatic rings. The first kappa shape index (κ1) is 13.7. The SMILES string of the molecule is CC(=O)CN1CCC(C(N)=O)(c2ccccc2)CC1. The number of carbonyl (C=O) groups is 2. The van der Waals surface area contributed by atoms with Crippen LogP contribution in [0.3, 0.4) is 0 Å². The van der Waals surface area contributed by atoms with Crippen LogP contribution in [-0.2, 0) is 15.0 Å². The van der Waals surface area contributed by atoms with Gasteiger partial charge in [-0.15, -0.1) is 0 Å². The second-order valence-corrected chi connectivity index (χ2v) is 5.29. The zero-order valence-corrected chi connectivity index (χ0v) is 11.3. The Hall–Kier alpha value is -1.68. The number of Topliss-reactive ketones (excluding diaryl/α,β-unsaturated/α-hetero) is 1. The van der Waals surface area contributed by atoms with Gasteiger partial charge in [0.1, 0.15) is 5.78 Å². The van der Waals surface area contributed by atoms with Crippen molar-refractivity contribution in [3.05, 3.63) is 35.9 Å². The summed E-state index contributed by atoms with van der Waals surface area (Å²) in [7, 11) is 0. The fraction of sp³-hybridized carbons (Fsp3) is 0.467. The van der Waals surface area contributed by atoms with Crippen molar-refractivity contribution in [1.82, 2.24) is 4.90 Å². The molecule has 0 aliphatic carbocycles. The molecule has 1 heterocycles. The van der Waals surface area contributed by atoms with Crippen molar-refractivity contribution >= 4 is 11.7 Å². The minimum atomic E-state index is -0.575. The highest BCUT2D eigenvalue weighted by atomic mass is 16.1. The number of ketones is 1. The van der Waals surface area contributed by atoms with Crippen molar-refractivity contribution < 1.29 is 9.59 Å². The van der Waals surface area contributed by atoms with Crippen LogP contribution in [-0.4, -0.2) is 36.2 Å². The van der Waals surface area contributed by atoms with E-state index in [0.29, 0.717) is 19.4 Å². The van der Waals surface area contributed by atoms with Gasteiger partial charge >= 0.3 is 0 Å². The lowest BCUT2D eigenvalue weighted by atomic mass is 9.72. The molecule has 1 fully saturated rings. The molecule has 4 nitrogen and oxygen atoms in total. The number of hydrogen-bond acceptors (Lipinski definition) is 3. The highest BCUT2D eigenvalue weighted by Gasteiger charge is 2.41. The van der Waals surface area contributed by atoms with Crippen molar-refractivity contribution in [2.45, 2.75) is 25.2 Å². The molecule has 2 rings (SSSR count). The number of likely N-dealkylation sites (tertiary alicyclic amines) is 1. The molecular formula is C15H20N2O2. The Balaban J connectivity index is 2.17. The molecule has 0 unspecified atom stereocenters. The van der Waals surface area contributed by atoms with E-state index in [0.717, 1.165) is 18.7 Å². The van der Waals surface area contributed by atoms with Gasteiger partial charge in [0.2, 0.25) is 5.91 Å². The molecule has 1 amide bonds. The topological polar surface area (TPSA) is 63.4 Å². The van der Waals surface area contributed by atoms with Crippen LogP contribution in [0.2, 0.25) is 0 Å². The lowest BCUT2D eigenvalue weighted by Crippen LogP contribution is -2.50. The summed E-state index contributed by atoms with van der Waals surface area (Å²) in [5, 5.41) is 0. The minimum Gasteiger partial charge on any atom is -0.369 e. The molecule has 0 aromatic heterocycles. The van der Waals surface area contributed by atoms with E-state index in [-0.39, 0.29) is 11.7 Å². The number of rotatable bonds is 4. The van der Waals surface area contributed by atoms with Gasteiger partial charge in [-0.2, -0.15) is 0 Å². The molecule has 1 aliphatic heterocycles. The van der Waals surface area contributed by atoms with Crippen molar-refractivity contribution in [2.75, 3.05) is 19.6 Å². The molecule has 0 atom stereocenters. The summed E-state index contributed by atoms with van der Waals surface area (Å²) in [6.07, 6.45) is 1.36. The van der Waals surface area contributed by atoms with Crippen LogP contribution in [0.15, 0.2) is 30.3 Å². The van der Waals surface area contributed by atoms with E-state index in [1.54, 1.807) is 6.92 Å². The third-order valence-corrected chi connectivity index (χ3v) is 3.95. The Labute approximate surface area is 113 Å². The summed E-state index contributed by atoms with van der Waals surface area (Å²) in [6.45, 7) is 3.52. The third kappa shape index (κ3) is 2.84. The van der Waals surface area contributed by atoms with Gasteiger partial charge in [-0.05, 0) is 38.4 Å². The van der Waals surface area contributed by atoms with Crippen LogP contribution in [0, 0.1) is 0 Å². The first-order valence-electron chi connectivity index (χ1n) is 6.62. The van der Waals surface area contributed by atoms with Crippen LogP contribution in [0.1, 0.15) is 25.3 Å². The van der Waals surface area contributed by atoms with Gasteiger partial charge in [0.25, 0.3) is 0 Å². The number of nitrogens with zero attached hydrogens (tertiary/aromatic N) is 1. The Morgan fingerprint density at radius 3 is 2.26 bits per heavy atom. The zero-order valence-electron chi connectivity index (χ0n) is 11.3. The highest BCUT2D eigenvalue weighted by molar-refractivity contribution is 5.87. The molecule has 102 valence electrons. The molecule has 0 saturated carbocycles. The maximum atomic E-state index is 11.9. The highest BCUT2D eigenvalue weighted by Crippen LogP contribution is 2.35. The van der Waals surface area contributed by atoms with E-state index in [2.05, 4.69) is 4.90 Å². The molecule has 4 heteroatoms. The quantitative estimate of drug-likeness (QED) is 0.881. The van der Waals surface area contributed by atoms with E-state index in [1.165, 1.54) is 0 Å². The van der Waals surface area contributed by atoms with Crippen LogP contribution in [0.25, 0.3) is 0 Å². The van der Waals surface area contributed by atoms with E-state index in [9.17, 15) is 9.59 Å². The smallest absolute Gasteiger partial charge is 0.228 e. The molecule has 19 heavy (non-hydrogen) atoms. The summed E-state index contributed by atoms with van der Waals surface area (Å²) >= 11 is 0. The normalized spacial score (nSPS) is 19.0. The van der Waals surface area contributed by atoms with E-state index in [1.807, 2.05) is 30.3 Å². The number of carbonyl (C=O) groups excluding carboxylic acids is 2. The van der Waals surface area contributed by atoms with Gasteiger partial charge < -0.3 is 5.73 Å². The lowest BCUT2D eigenvalue weighted by molar-refractivity contribution is -0.125. The van der Waals surface area contributed by atoms with Crippen LogP contribution < -0.4 is 5.73 Å². The number of hydrogen-bond donors (Lipinski definition) is 1. The summed E-state index contributed by atoms with van der Waals surface area (Å²) < 4.78 is 0. The number of primary amides is 1. The van der Waals surface area contributed by atoms with Gasteiger partial charge in [0.05, 0.1) is 12.0 Å². The van der Waals surface area contributed by atoms with E-state index < -0.39 is 5.41 Å². The van der Waals surface area contributed by atoms with Gasteiger partial charge in [-0.3, -0.25) is 14.5 Å². The largest absolute Gasteiger partial charge is 0.369 e. The molecule has 1 aromatic carbocycles. The summed E-state index contributed by atoms with van der Waals surface area (Å²) in [5.74, 6) is -0.104. The van der Waals surface area contributed by atoms with Gasteiger partial charge in [-0.25, -0.2) is 0 Å². The summed E-state index contributed by atoms with van der Waals surface area (Å²) in [5.41, 5.74) is 6.07. The first-order chi connectivity index (χ1) is 9.04. The first-order valence-corrected chi connectivity index (χ1v) is 6.62. The second-order valence-electron chi connectivity index (χ2n) is 5.29. The van der Waals surface area contributed by atoms with E-state index >= 15 is 0 Å². The van der Waals surface area contributed by atoms with Crippen molar-refractivity contribution in [1.29, 1.82) is 0 Å². The van der Waals surface area contributed by atoms with Crippen molar-refractivity contribution in [3.63, 3.8) is 0 Å². The Bertz CT molecular complexity index is 462. The molecule has 1 saturated heterocycles. The Morgan fingerprint density at radius 2 is 1.79 bits per heavy atom. The Morgan fingerprint density at radius 1 is 1.21 bits per heavy atom. The molecule has 0 bridgehead atoms. The molecule has 0 radical (unpaired) electrons. The lowest BCUT2D eigenvalue weighted by Gasteiger charge is -2.39. The van der Waals surface area contributed by atoms with Gasteiger partial charge in [-0.1, -0.05) is 30.3 Å². The monoisotopic (exact) mass is 260 g/mol. The number of nitrogens with two attached hydrogens (primary N) is 1. The number of amides is 1.